The summed E-state index contributed by atoms with van der Waals surface area (Å²) in [6.45, 7) is 3.76. The summed E-state index contributed by atoms with van der Waals surface area (Å²) in [7, 11) is 0. The molecular formula is C15H22N2O. The van der Waals surface area contributed by atoms with Crippen LogP contribution >= 0.6 is 0 Å². The van der Waals surface area contributed by atoms with Crippen LogP contribution in [-0.2, 0) is 17.8 Å². The maximum Gasteiger partial charge on any atom is 0.237 e. The van der Waals surface area contributed by atoms with Gasteiger partial charge in [0.15, 0.2) is 0 Å². The Hall–Kier alpha value is -1.35. The van der Waals surface area contributed by atoms with Gasteiger partial charge in [-0.1, -0.05) is 44.0 Å². The molecule has 0 radical (unpaired) electrons. The van der Waals surface area contributed by atoms with E-state index in [0.29, 0.717) is 0 Å². The first kappa shape index (κ1) is 13.1. The third-order valence-corrected chi connectivity index (χ3v) is 3.48. The Bertz CT molecular complexity index is 403. The maximum atomic E-state index is 12.0. The molecule has 0 unspecified atom stereocenters. The molecule has 1 aliphatic heterocycles. The Balaban J connectivity index is 1.83. The molecule has 2 N–H and O–H groups in total. The van der Waals surface area contributed by atoms with Crippen molar-refractivity contribution in [3.63, 3.8) is 0 Å². The highest BCUT2D eigenvalue weighted by Gasteiger charge is 2.23. The molecule has 1 aromatic carbocycles. The zero-order valence-electron chi connectivity index (χ0n) is 11.0. The number of carbonyl (C=O) groups is 1. The summed E-state index contributed by atoms with van der Waals surface area (Å²) in [4.78, 5) is 12.0. The molecule has 1 atom stereocenters. The number of benzene rings is 1. The van der Waals surface area contributed by atoms with E-state index in [2.05, 4.69) is 29.7 Å². The molecule has 1 amide bonds. The number of amides is 1. The third-order valence-electron chi connectivity index (χ3n) is 3.48. The molecule has 1 heterocycles. The second-order valence-electron chi connectivity index (χ2n) is 4.90. The van der Waals surface area contributed by atoms with Gasteiger partial charge in [0.2, 0.25) is 5.91 Å². The van der Waals surface area contributed by atoms with Gasteiger partial charge in [-0.2, -0.15) is 0 Å². The van der Waals surface area contributed by atoms with Crippen LogP contribution in [-0.4, -0.2) is 18.5 Å². The van der Waals surface area contributed by atoms with Crippen LogP contribution < -0.4 is 10.6 Å². The number of hydrogen-bond donors (Lipinski definition) is 2. The minimum absolute atomic E-state index is 0.0680. The SMILES string of the molecule is CCCCCNC(=O)[C@H]1Cc2ccccc2CN1. The van der Waals surface area contributed by atoms with Crippen LogP contribution in [0, 0.1) is 0 Å². The highest BCUT2D eigenvalue weighted by atomic mass is 16.2. The van der Waals surface area contributed by atoms with E-state index in [1.807, 2.05) is 12.1 Å². The highest BCUT2D eigenvalue weighted by Crippen LogP contribution is 2.16. The second-order valence-corrected chi connectivity index (χ2v) is 4.90. The van der Waals surface area contributed by atoms with Gasteiger partial charge in [0.25, 0.3) is 0 Å². The lowest BCUT2D eigenvalue weighted by Gasteiger charge is -2.25. The molecule has 2 rings (SSSR count). The first-order valence-electron chi connectivity index (χ1n) is 6.89. The molecule has 0 bridgehead atoms. The molecule has 0 aliphatic carbocycles. The van der Waals surface area contributed by atoms with Crippen molar-refractivity contribution in [3.05, 3.63) is 35.4 Å². The molecule has 0 aromatic heterocycles. The van der Waals surface area contributed by atoms with Gasteiger partial charge in [-0.3, -0.25) is 4.79 Å². The average Bonchev–Trinajstić information content (AvgIpc) is 2.43. The average molecular weight is 246 g/mol. The van der Waals surface area contributed by atoms with E-state index in [-0.39, 0.29) is 11.9 Å². The lowest BCUT2D eigenvalue weighted by atomic mass is 9.95. The molecule has 1 aliphatic rings. The Morgan fingerprint density at radius 2 is 2.11 bits per heavy atom. The maximum absolute atomic E-state index is 12.0. The molecule has 3 heteroatoms. The topological polar surface area (TPSA) is 41.1 Å². The third kappa shape index (κ3) is 3.33. The number of nitrogens with one attached hydrogen (secondary N) is 2. The van der Waals surface area contributed by atoms with Crippen LogP contribution in [0.15, 0.2) is 24.3 Å². The van der Waals surface area contributed by atoms with E-state index >= 15 is 0 Å². The number of rotatable bonds is 5. The fourth-order valence-electron chi connectivity index (χ4n) is 2.35. The van der Waals surface area contributed by atoms with E-state index < -0.39 is 0 Å². The van der Waals surface area contributed by atoms with Gasteiger partial charge in [-0.15, -0.1) is 0 Å². The van der Waals surface area contributed by atoms with Crippen molar-refractivity contribution < 1.29 is 4.79 Å². The normalized spacial score (nSPS) is 18.2. The highest BCUT2D eigenvalue weighted by molar-refractivity contribution is 5.82. The van der Waals surface area contributed by atoms with Crippen molar-refractivity contribution in [2.24, 2.45) is 0 Å². The van der Waals surface area contributed by atoms with Crippen molar-refractivity contribution in [2.75, 3.05) is 6.54 Å². The monoisotopic (exact) mass is 246 g/mol. The number of unbranched alkanes of at least 4 members (excludes halogenated alkanes) is 2. The predicted octanol–water partition coefficient (Wildman–Crippen LogP) is 2.01. The lowest BCUT2D eigenvalue weighted by Crippen LogP contribution is -2.47. The molecule has 0 saturated heterocycles. The Morgan fingerprint density at radius 1 is 1.33 bits per heavy atom. The van der Waals surface area contributed by atoms with Crippen LogP contribution in [0.3, 0.4) is 0 Å². The van der Waals surface area contributed by atoms with Crippen LogP contribution in [0.1, 0.15) is 37.3 Å². The summed E-state index contributed by atoms with van der Waals surface area (Å²) in [6, 6.07) is 8.26. The van der Waals surface area contributed by atoms with Crippen molar-refractivity contribution in [1.82, 2.24) is 10.6 Å². The van der Waals surface area contributed by atoms with Crippen LogP contribution in [0.2, 0.25) is 0 Å². The van der Waals surface area contributed by atoms with Gasteiger partial charge in [-0.05, 0) is 24.0 Å². The largest absolute Gasteiger partial charge is 0.355 e. The fourth-order valence-corrected chi connectivity index (χ4v) is 2.35. The van der Waals surface area contributed by atoms with Crippen molar-refractivity contribution in [1.29, 1.82) is 0 Å². The van der Waals surface area contributed by atoms with Gasteiger partial charge >= 0.3 is 0 Å². The van der Waals surface area contributed by atoms with E-state index in [1.165, 1.54) is 24.0 Å². The lowest BCUT2D eigenvalue weighted by molar-refractivity contribution is -0.123. The molecular weight excluding hydrogens is 224 g/mol. The summed E-state index contributed by atoms with van der Waals surface area (Å²) in [6.07, 6.45) is 4.24. The fraction of sp³-hybridized carbons (Fsp3) is 0.533. The molecule has 3 nitrogen and oxygen atoms in total. The quantitative estimate of drug-likeness (QED) is 0.780. The van der Waals surface area contributed by atoms with Crippen molar-refractivity contribution in [2.45, 2.75) is 45.2 Å². The van der Waals surface area contributed by atoms with E-state index in [4.69, 9.17) is 0 Å². The molecule has 18 heavy (non-hydrogen) atoms. The molecule has 0 fully saturated rings. The van der Waals surface area contributed by atoms with Crippen molar-refractivity contribution in [3.8, 4) is 0 Å². The van der Waals surface area contributed by atoms with E-state index in [9.17, 15) is 4.79 Å². The molecule has 0 spiro atoms. The van der Waals surface area contributed by atoms with Gasteiger partial charge in [0, 0.05) is 13.1 Å². The van der Waals surface area contributed by atoms with Gasteiger partial charge in [0.1, 0.15) is 0 Å². The summed E-state index contributed by atoms with van der Waals surface area (Å²) in [5.41, 5.74) is 2.61. The smallest absolute Gasteiger partial charge is 0.237 e. The van der Waals surface area contributed by atoms with Gasteiger partial charge in [0.05, 0.1) is 6.04 Å². The zero-order chi connectivity index (χ0) is 12.8. The first-order valence-corrected chi connectivity index (χ1v) is 6.89. The number of hydrogen-bond acceptors (Lipinski definition) is 2. The minimum atomic E-state index is -0.0680. The summed E-state index contributed by atoms with van der Waals surface area (Å²) in [5.74, 6) is 0.139. The Morgan fingerprint density at radius 3 is 2.89 bits per heavy atom. The van der Waals surface area contributed by atoms with Crippen LogP contribution in [0.25, 0.3) is 0 Å². The number of fused-ring (bicyclic) bond motifs is 1. The second kappa shape index (κ2) is 6.55. The van der Waals surface area contributed by atoms with E-state index in [0.717, 1.165) is 25.9 Å². The Kier molecular flexibility index (Phi) is 4.76. The Labute approximate surface area is 109 Å². The molecule has 98 valence electrons. The van der Waals surface area contributed by atoms with Crippen LogP contribution in [0.4, 0.5) is 0 Å². The first-order chi connectivity index (χ1) is 8.81. The van der Waals surface area contributed by atoms with E-state index in [1.54, 1.807) is 0 Å². The molecule has 1 aromatic rings. The zero-order valence-corrected chi connectivity index (χ0v) is 11.0. The predicted molar refractivity (Wildman–Crippen MR) is 73.3 cm³/mol. The van der Waals surface area contributed by atoms with Crippen molar-refractivity contribution >= 4 is 5.91 Å². The summed E-state index contributed by atoms with van der Waals surface area (Å²) < 4.78 is 0. The minimum Gasteiger partial charge on any atom is -0.355 e. The van der Waals surface area contributed by atoms with Gasteiger partial charge < -0.3 is 10.6 Å². The summed E-state index contributed by atoms with van der Waals surface area (Å²) >= 11 is 0. The number of carbonyl (C=O) groups excluding carboxylic acids is 1. The summed E-state index contributed by atoms with van der Waals surface area (Å²) in [5, 5.41) is 6.32. The molecule has 0 saturated carbocycles. The standard InChI is InChI=1S/C15H22N2O/c1-2-3-6-9-16-15(18)14-10-12-7-4-5-8-13(12)11-17-14/h4-5,7-8,14,17H,2-3,6,9-11H2,1H3,(H,16,18)/t14-/m1/s1. The van der Waals surface area contributed by atoms with Crippen LogP contribution in [0.5, 0.6) is 0 Å². The van der Waals surface area contributed by atoms with Gasteiger partial charge in [-0.25, -0.2) is 0 Å².